The molecule has 2 aromatic rings. The number of piperidine rings is 1. The molecule has 3 rings (SSSR count). The first-order valence-electron chi connectivity index (χ1n) is 7.26. The number of nitrogens with zero attached hydrogens (tertiary/aromatic N) is 2. The zero-order valence-electron chi connectivity index (χ0n) is 12.1. The molecule has 1 saturated heterocycles. The molecular formula is C16H19FN2O2. The maximum atomic E-state index is 13.6. The summed E-state index contributed by atoms with van der Waals surface area (Å²) in [5.74, 6) is 0.944. The van der Waals surface area contributed by atoms with Gasteiger partial charge in [-0.25, -0.2) is 4.39 Å². The van der Waals surface area contributed by atoms with Gasteiger partial charge in [-0.2, -0.15) is 0 Å². The number of aryl methyl sites for hydroxylation is 1. The summed E-state index contributed by atoms with van der Waals surface area (Å²) in [6, 6.07) is 8.53. The maximum absolute atomic E-state index is 13.6. The van der Waals surface area contributed by atoms with E-state index in [4.69, 9.17) is 9.26 Å². The smallest absolute Gasteiger partial charge is 0.165 e. The second kappa shape index (κ2) is 6.26. The van der Waals surface area contributed by atoms with E-state index < -0.39 is 0 Å². The minimum Gasteiger partial charge on any atom is -0.487 e. The fourth-order valence-electron chi connectivity index (χ4n) is 2.62. The van der Waals surface area contributed by atoms with Crippen LogP contribution in [0, 0.1) is 12.7 Å². The molecule has 21 heavy (non-hydrogen) atoms. The van der Waals surface area contributed by atoms with Gasteiger partial charge in [-0.3, -0.25) is 4.90 Å². The highest BCUT2D eigenvalue weighted by atomic mass is 19.1. The van der Waals surface area contributed by atoms with Gasteiger partial charge >= 0.3 is 0 Å². The Morgan fingerprint density at radius 3 is 2.76 bits per heavy atom. The van der Waals surface area contributed by atoms with Crippen LogP contribution in [-0.4, -0.2) is 29.3 Å². The van der Waals surface area contributed by atoms with Gasteiger partial charge in [-0.15, -0.1) is 0 Å². The van der Waals surface area contributed by atoms with E-state index in [9.17, 15) is 4.39 Å². The van der Waals surface area contributed by atoms with Crippen molar-refractivity contribution in [2.75, 3.05) is 13.1 Å². The predicted molar refractivity (Wildman–Crippen MR) is 76.6 cm³/mol. The Bertz CT molecular complexity index is 591. The standard InChI is InChI=1S/C16H19FN2O2/c1-12-10-14(21-18-12)11-19-8-6-13(7-9-19)20-16-5-3-2-4-15(16)17/h2-5,10,13H,6-9,11H2,1H3. The first kappa shape index (κ1) is 14.1. The first-order valence-corrected chi connectivity index (χ1v) is 7.26. The average Bonchev–Trinajstić information content (AvgIpc) is 2.89. The number of ether oxygens (including phenoxy) is 1. The van der Waals surface area contributed by atoms with Crippen molar-refractivity contribution in [2.45, 2.75) is 32.4 Å². The van der Waals surface area contributed by atoms with E-state index in [0.29, 0.717) is 5.75 Å². The van der Waals surface area contributed by atoms with E-state index in [-0.39, 0.29) is 11.9 Å². The number of benzene rings is 1. The fraction of sp³-hybridized carbons (Fsp3) is 0.438. The van der Waals surface area contributed by atoms with Crippen molar-refractivity contribution in [3.05, 3.63) is 47.6 Å². The quantitative estimate of drug-likeness (QED) is 0.867. The van der Waals surface area contributed by atoms with E-state index >= 15 is 0 Å². The molecule has 1 aliphatic heterocycles. The second-order valence-electron chi connectivity index (χ2n) is 5.46. The molecule has 0 spiro atoms. The SMILES string of the molecule is Cc1cc(CN2CCC(Oc3ccccc3F)CC2)on1. The molecule has 0 bridgehead atoms. The number of rotatable bonds is 4. The van der Waals surface area contributed by atoms with Gasteiger partial charge in [0.1, 0.15) is 6.10 Å². The zero-order valence-corrected chi connectivity index (χ0v) is 12.1. The van der Waals surface area contributed by atoms with Crippen molar-refractivity contribution in [3.8, 4) is 5.75 Å². The molecule has 4 nitrogen and oxygen atoms in total. The van der Waals surface area contributed by atoms with Crippen LogP contribution in [0.1, 0.15) is 24.3 Å². The van der Waals surface area contributed by atoms with Gasteiger partial charge in [0.25, 0.3) is 0 Å². The lowest BCUT2D eigenvalue weighted by atomic mass is 10.1. The highest BCUT2D eigenvalue weighted by Gasteiger charge is 2.22. The van der Waals surface area contributed by atoms with Gasteiger partial charge in [0.05, 0.1) is 12.2 Å². The third kappa shape index (κ3) is 3.61. The molecule has 0 unspecified atom stereocenters. The van der Waals surface area contributed by atoms with E-state index in [1.807, 2.05) is 13.0 Å². The normalized spacial score (nSPS) is 17.0. The Kier molecular flexibility index (Phi) is 4.20. The Balaban J connectivity index is 1.50. The van der Waals surface area contributed by atoms with E-state index in [1.54, 1.807) is 18.2 Å². The van der Waals surface area contributed by atoms with Crippen LogP contribution < -0.4 is 4.74 Å². The molecule has 112 valence electrons. The van der Waals surface area contributed by atoms with Crippen LogP contribution in [-0.2, 0) is 6.54 Å². The molecule has 0 N–H and O–H groups in total. The number of hydrogen-bond acceptors (Lipinski definition) is 4. The second-order valence-corrected chi connectivity index (χ2v) is 5.46. The third-order valence-corrected chi connectivity index (χ3v) is 3.72. The minimum absolute atomic E-state index is 0.0783. The molecule has 1 aromatic carbocycles. The lowest BCUT2D eigenvalue weighted by Crippen LogP contribution is -2.37. The molecule has 0 amide bonds. The summed E-state index contributed by atoms with van der Waals surface area (Å²) in [6.45, 7) is 4.52. The monoisotopic (exact) mass is 290 g/mol. The lowest BCUT2D eigenvalue weighted by molar-refractivity contribution is 0.0885. The minimum atomic E-state index is -0.294. The van der Waals surface area contributed by atoms with E-state index in [2.05, 4.69) is 10.1 Å². The summed E-state index contributed by atoms with van der Waals surface area (Å²) in [6.07, 6.45) is 1.86. The van der Waals surface area contributed by atoms with Crippen molar-refractivity contribution in [1.82, 2.24) is 10.1 Å². The summed E-state index contributed by atoms with van der Waals surface area (Å²) in [4.78, 5) is 2.31. The van der Waals surface area contributed by atoms with Crippen LogP contribution in [0.3, 0.4) is 0 Å². The van der Waals surface area contributed by atoms with Gasteiger partial charge in [-0.05, 0) is 31.9 Å². The summed E-state index contributed by atoms with van der Waals surface area (Å²) in [7, 11) is 0. The van der Waals surface area contributed by atoms with Crippen molar-refractivity contribution >= 4 is 0 Å². The molecule has 1 aromatic heterocycles. The van der Waals surface area contributed by atoms with Crippen molar-refractivity contribution < 1.29 is 13.7 Å². The molecule has 0 atom stereocenters. The van der Waals surface area contributed by atoms with Gasteiger partial charge < -0.3 is 9.26 Å². The van der Waals surface area contributed by atoms with Crippen LogP contribution in [0.4, 0.5) is 4.39 Å². The molecule has 1 fully saturated rings. The summed E-state index contributed by atoms with van der Waals surface area (Å²) in [5.41, 5.74) is 0.905. The van der Waals surface area contributed by atoms with Gasteiger partial charge in [0, 0.05) is 19.2 Å². The van der Waals surface area contributed by atoms with Gasteiger partial charge in [-0.1, -0.05) is 17.3 Å². The number of para-hydroxylation sites is 1. The molecule has 1 aliphatic rings. The molecule has 0 radical (unpaired) electrons. The number of likely N-dealkylation sites (tertiary alicyclic amines) is 1. The highest BCUT2D eigenvalue weighted by molar-refractivity contribution is 5.23. The van der Waals surface area contributed by atoms with Crippen LogP contribution in [0.2, 0.25) is 0 Å². The van der Waals surface area contributed by atoms with Gasteiger partial charge in [0.2, 0.25) is 0 Å². The Morgan fingerprint density at radius 1 is 1.33 bits per heavy atom. The van der Waals surface area contributed by atoms with Crippen LogP contribution in [0.15, 0.2) is 34.9 Å². The highest BCUT2D eigenvalue weighted by Crippen LogP contribution is 2.22. The van der Waals surface area contributed by atoms with Crippen LogP contribution in [0.25, 0.3) is 0 Å². The third-order valence-electron chi connectivity index (χ3n) is 3.72. The van der Waals surface area contributed by atoms with E-state index in [1.165, 1.54) is 6.07 Å². The van der Waals surface area contributed by atoms with Crippen molar-refractivity contribution in [1.29, 1.82) is 0 Å². The zero-order chi connectivity index (χ0) is 14.7. The molecule has 0 aliphatic carbocycles. The molecule has 5 heteroatoms. The molecule has 0 saturated carbocycles. The number of halogens is 1. The van der Waals surface area contributed by atoms with Crippen LogP contribution in [0.5, 0.6) is 5.75 Å². The number of hydrogen-bond donors (Lipinski definition) is 0. The Labute approximate surface area is 123 Å². The topological polar surface area (TPSA) is 38.5 Å². The maximum Gasteiger partial charge on any atom is 0.165 e. The molecular weight excluding hydrogens is 271 g/mol. The van der Waals surface area contributed by atoms with E-state index in [0.717, 1.165) is 43.9 Å². The fourth-order valence-corrected chi connectivity index (χ4v) is 2.62. The van der Waals surface area contributed by atoms with Crippen molar-refractivity contribution in [3.63, 3.8) is 0 Å². The van der Waals surface area contributed by atoms with Crippen molar-refractivity contribution in [2.24, 2.45) is 0 Å². The average molecular weight is 290 g/mol. The Morgan fingerprint density at radius 2 is 2.10 bits per heavy atom. The predicted octanol–water partition coefficient (Wildman–Crippen LogP) is 3.17. The number of aromatic nitrogens is 1. The summed E-state index contributed by atoms with van der Waals surface area (Å²) < 4.78 is 24.5. The largest absolute Gasteiger partial charge is 0.487 e. The summed E-state index contributed by atoms with van der Waals surface area (Å²) in [5, 5.41) is 3.89. The Hall–Kier alpha value is -1.88. The summed E-state index contributed by atoms with van der Waals surface area (Å²) >= 11 is 0. The molecule has 2 heterocycles. The lowest BCUT2D eigenvalue weighted by Gasteiger charge is -2.31. The van der Waals surface area contributed by atoms with Crippen LogP contribution >= 0.6 is 0 Å². The van der Waals surface area contributed by atoms with Gasteiger partial charge in [0.15, 0.2) is 17.3 Å². The first-order chi connectivity index (χ1) is 10.2.